The summed E-state index contributed by atoms with van der Waals surface area (Å²) >= 11 is 0. The molecule has 2 N–H and O–H groups in total. The van der Waals surface area contributed by atoms with Crippen LogP contribution < -0.4 is 10.6 Å². The first kappa shape index (κ1) is 10.3. The number of nitrogens with zero attached hydrogens (tertiary/aromatic N) is 1. The number of hydrogen-bond acceptors (Lipinski definition) is 3. The molecule has 1 aliphatic heterocycles. The predicted octanol–water partition coefficient (Wildman–Crippen LogP) is 2.17. The molecule has 2 aliphatic rings. The van der Waals surface area contributed by atoms with Gasteiger partial charge in [-0.25, -0.2) is 0 Å². The molecule has 0 amide bonds. The molecule has 3 nitrogen and oxygen atoms in total. The number of fused-ring (bicyclic) bond motifs is 2. The minimum Gasteiger partial charge on any atom is -0.381 e. The Labute approximate surface area is 107 Å². The molecule has 1 aromatic carbocycles. The molecule has 0 spiro atoms. The highest BCUT2D eigenvalue weighted by Gasteiger charge is 2.52. The molecule has 4 rings (SSSR count). The van der Waals surface area contributed by atoms with Crippen molar-refractivity contribution in [3.05, 3.63) is 36.0 Å². The Morgan fingerprint density at radius 2 is 2.00 bits per heavy atom. The number of aryl methyl sites for hydroxylation is 1. The Morgan fingerprint density at radius 1 is 1.22 bits per heavy atom. The Bertz CT molecular complexity index is 598. The van der Waals surface area contributed by atoms with Crippen LogP contribution in [-0.2, 0) is 0 Å². The molecule has 1 saturated heterocycles. The van der Waals surface area contributed by atoms with Crippen LogP contribution in [-0.4, -0.2) is 24.1 Å². The zero-order valence-electron chi connectivity index (χ0n) is 10.5. The number of nitrogens with one attached hydrogen (secondary N) is 2. The van der Waals surface area contributed by atoms with Gasteiger partial charge in [0.2, 0.25) is 0 Å². The number of para-hydroxylation sites is 1. The first-order valence-corrected chi connectivity index (χ1v) is 6.66. The fourth-order valence-electron chi connectivity index (χ4n) is 3.24. The van der Waals surface area contributed by atoms with Crippen molar-refractivity contribution in [1.82, 2.24) is 10.3 Å². The van der Waals surface area contributed by atoms with Crippen molar-refractivity contribution in [2.45, 2.75) is 13.0 Å². The topological polar surface area (TPSA) is 37.0 Å². The lowest BCUT2D eigenvalue weighted by Crippen LogP contribution is -2.21. The fourth-order valence-corrected chi connectivity index (χ4v) is 3.24. The van der Waals surface area contributed by atoms with Crippen LogP contribution in [0.15, 0.2) is 30.3 Å². The highest BCUT2D eigenvalue weighted by molar-refractivity contribution is 5.91. The van der Waals surface area contributed by atoms with Gasteiger partial charge in [0.05, 0.1) is 5.52 Å². The van der Waals surface area contributed by atoms with Gasteiger partial charge in [-0.2, -0.15) is 0 Å². The molecule has 1 saturated carbocycles. The number of pyridine rings is 1. The molecular formula is C15H17N3. The lowest BCUT2D eigenvalue weighted by molar-refractivity contribution is 0.697. The molecule has 1 aromatic heterocycles. The summed E-state index contributed by atoms with van der Waals surface area (Å²) in [6.07, 6.45) is 0. The molecule has 0 bridgehead atoms. The van der Waals surface area contributed by atoms with Crippen molar-refractivity contribution in [1.29, 1.82) is 0 Å². The van der Waals surface area contributed by atoms with E-state index in [9.17, 15) is 0 Å². The van der Waals surface area contributed by atoms with Gasteiger partial charge in [-0.15, -0.1) is 0 Å². The minimum absolute atomic E-state index is 0.663. The lowest BCUT2D eigenvalue weighted by atomic mass is 10.1. The maximum Gasteiger partial charge on any atom is 0.0725 e. The van der Waals surface area contributed by atoms with E-state index in [-0.39, 0.29) is 0 Å². The summed E-state index contributed by atoms with van der Waals surface area (Å²) in [7, 11) is 0. The molecule has 2 fully saturated rings. The van der Waals surface area contributed by atoms with Gasteiger partial charge in [0.15, 0.2) is 0 Å². The van der Waals surface area contributed by atoms with Crippen LogP contribution in [0.5, 0.6) is 0 Å². The highest BCUT2D eigenvalue weighted by Crippen LogP contribution is 2.44. The molecule has 2 atom stereocenters. The van der Waals surface area contributed by atoms with Crippen LogP contribution in [0, 0.1) is 18.8 Å². The molecule has 2 aromatic rings. The number of benzene rings is 1. The van der Waals surface area contributed by atoms with Gasteiger partial charge in [0, 0.05) is 35.9 Å². The molecule has 0 radical (unpaired) electrons. The zero-order chi connectivity index (χ0) is 12.1. The van der Waals surface area contributed by atoms with E-state index in [1.807, 2.05) is 6.07 Å². The highest BCUT2D eigenvalue weighted by atomic mass is 15.1. The molecular weight excluding hydrogens is 222 g/mol. The molecule has 18 heavy (non-hydrogen) atoms. The van der Waals surface area contributed by atoms with Crippen LogP contribution in [0.4, 0.5) is 5.69 Å². The Morgan fingerprint density at radius 3 is 2.83 bits per heavy atom. The summed E-state index contributed by atoms with van der Waals surface area (Å²) in [4.78, 5) is 4.58. The maximum atomic E-state index is 4.58. The first-order valence-electron chi connectivity index (χ1n) is 6.66. The molecule has 1 aliphatic carbocycles. The SMILES string of the molecule is Cc1cc(NC2C3CNCC32)c2ccccc2n1. The Balaban J connectivity index is 1.71. The van der Waals surface area contributed by atoms with Crippen molar-refractivity contribution in [2.24, 2.45) is 11.8 Å². The second kappa shape index (κ2) is 3.69. The van der Waals surface area contributed by atoms with E-state index in [4.69, 9.17) is 0 Å². The summed E-state index contributed by atoms with van der Waals surface area (Å²) < 4.78 is 0. The van der Waals surface area contributed by atoms with E-state index in [1.165, 1.54) is 24.2 Å². The summed E-state index contributed by atoms with van der Waals surface area (Å²) in [5, 5.41) is 8.39. The van der Waals surface area contributed by atoms with Gasteiger partial charge >= 0.3 is 0 Å². The largest absolute Gasteiger partial charge is 0.381 e. The van der Waals surface area contributed by atoms with Gasteiger partial charge in [0.25, 0.3) is 0 Å². The van der Waals surface area contributed by atoms with Gasteiger partial charge in [-0.05, 0) is 30.9 Å². The second-order valence-electron chi connectivity index (χ2n) is 5.48. The van der Waals surface area contributed by atoms with E-state index in [0.717, 1.165) is 23.0 Å². The maximum absolute atomic E-state index is 4.58. The van der Waals surface area contributed by atoms with E-state index >= 15 is 0 Å². The first-order chi connectivity index (χ1) is 8.83. The average molecular weight is 239 g/mol. The summed E-state index contributed by atoms with van der Waals surface area (Å²) in [5.41, 5.74) is 3.42. The van der Waals surface area contributed by atoms with Gasteiger partial charge in [-0.3, -0.25) is 4.98 Å². The minimum atomic E-state index is 0.663. The number of hydrogen-bond donors (Lipinski definition) is 2. The van der Waals surface area contributed by atoms with Crippen LogP contribution in [0.3, 0.4) is 0 Å². The molecule has 3 heteroatoms. The van der Waals surface area contributed by atoms with Crippen molar-refractivity contribution in [2.75, 3.05) is 18.4 Å². The summed E-state index contributed by atoms with van der Waals surface area (Å²) in [6.45, 7) is 4.40. The lowest BCUT2D eigenvalue weighted by Gasteiger charge is -2.12. The number of anilines is 1. The fraction of sp³-hybridized carbons (Fsp3) is 0.400. The molecule has 92 valence electrons. The smallest absolute Gasteiger partial charge is 0.0725 e. The van der Waals surface area contributed by atoms with Crippen LogP contribution >= 0.6 is 0 Å². The predicted molar refractivity (Wildman–Crippen MR) is 73.7 cm³/mol. The summed E-state index contributed by atoms with van der Waals surface area (Å²) in [6, 6.07) is 11.2. The third kappa shape index (κ3) is 1.51. The van der Waals surface area contributed by atoms with Crippen LogP contribution in [0.25, 0.3) is 10.9 Å². The number of piperidine rings is 1. The second-order valence-corrected chi connectivity index (χ2v) is 5.48. The van der Waals surface area contributed by atoms with Crippen molar-refractivity contribution in [3.8, 4) is 0 Å². The van der Waals surface area contributed by atoms with E-state index in [2.05, 4.69) is 46.8 Å². The zero-order valence-corrected chi connectivity index (χ0v) is 10.5. The number of rotatable bonds is 2. The third-order valence-electron chi connectivity index (χ3n) is 4.26. The molecule has 2 heterocycles. The van der Waals surface area contributed by atoms with E-state index < -0.39 is 0 Å². The van der Waals surface area contributed by atoms with Crippen molar-refractivity contribution >= 4 is 16.6 Å². The van der Waals surface area contributed by atoms with E-state index in [0.29, 0.717) is 6.04 Å². The third-order valence-corrected chi connectivity index (χ3v) is 4.26. The monoisotopic (exact) mass is 239 g/mol. The van der Waals surface area contributed by atoms with Crippen LogP contribution in [0.1, 0.15) is 5.69 Å². The Kier molecular flexibility index (Phi) is 2.12. The Hall–Kier alpha value is -1.61. The average Bonchev–Trinajstić information content (AvgIpc) is 2.83. The van der Waals surface area contributed by atoms with Crippen LogP contribution in [0.2, 0.25) is 0 Å². The van der Waals surface area contributed by atoms with Gasteiger partial charge < -0.3 is 10.6 Å². The molecule has 2 unspecified atom stereocenters. The van der Waals surface area contributed by atoms with Gasteiger partial charge in [-0.1, -0.05) is 18.2 Å². The van der Waals surface area contributed by atoms with E-state index in [1.54, 1.807) is 0 Å². The van der Waals surface area contributed by atoms with Gasteiger partial charge in [0.1, 0.15) is 0 Å². The standard InChI is InChI=1S/C15H17N3/c1-9-6-14(10-4-2-3-5-13(10)17-9)18-15-11-7-16-8-12(11)15/h2-6,11-12,15-16H,7-8H2,1H3,(H,17,18). The normalized spacial score (nSPS) is 29.3. The van der Waals surface area contributed by atoms with Crippen molar-refractivity contribution in [3.63, 3.8) is 0 Å². The quantitative estimate of drug-likeness (QED) is 0.843. The number of aromatic nitrogens is 1. The van der Waals surface area contributed by atoms with Crippen molar-refractivity contribution < 1.29 is 0 Å². The summed E-state index contributed by atoms with van der Waals surface area (Å²) in [5.74, 6) is 1.66.